The van der Waals surface area contributed by atoms with Gasteiger partial charge in [0.1, 0.15) is 11.4 Å². The number of nitriles is 1. The Kier molecular flexibility index (Phi) is 4.86. The molecule has 2 aromatic rings. The Balaban J connectivity index is 1.88. The van der Waals surface area contributed by atoms with E-state index in [1.165, 1.54) is 12.1 Å². The number of rotatable bonds is 3. The summed E-state index contributed by atoms with van der Waals surface area (Å²) in [6, 6.07) is 4.53. The van der Waals surface area contributed by atoms with E-state index in [9.17, 15) is 23.4 Å². The molecule has 3 heterocycles. The number of fused-ring (bicyclic) bond motifs is 5. The highest BCUT2D eigenvalue weighted by molar-refractivity contribution is 6.74. The van der Waals surface area contributed by atoms with Crippen LogP contribution in [0, 0.1) is 11.3 Å². The number of aromatic hydroxyl groups is 2. The van der Waals surface area contributed by atoms with Crippen LogP contribution < -0.4 is 0 Å². The van der Waals surface area contributed by atoms with Crippen LogP contribution in [0.3, 0.4) is 0 Å². The van der Waals surface area contributed by atoms with E-state index in [2.05, 4.69) is 33.9 Å². The molecule has 2 aliphatic heterocycles. The van der Waals surface area contributed by atoms with Gasteiger partial charge in [-0.2, -0.15) is 18.4 Å². The molecular weight excluding hydrogens is 465 g/mol. The van der Waals surface area contributed by atoms with E-state index < -0.39 is 48.6 Å². The number of hydrogen-bond acceptors (Lipinski definition) is 5. The quantitative estimate of drug-likeness (QED) is 0.501. The molecule has 0 fully saturated rings. The van der Waals surface area contributed by atoms with Crippen molar-refractivity contribution in [1.82, 2.24) is 4.57 Å². The second kappa shape index (κ2) is 6.83. The zero-order chi connectivity index (χ0) is 25.6. The normalized spacial score (nSPS) is 24.1. The highest BCUT2D eigenvalue weighted by Crippen LogP contribution is 2.64. The molecule has 34 heavy (non-hydrogen) atoms. The number of benzene rings is 1. The van der Waals surface area contributed by atoms with Crippen molar-refractivity contribution in [3.8, 4) is 23.5 Å². The zero-order valence-electron chi connectivity index (χ0n) is 20.0. The predicted octanol–water partition coefficient (Wildman–Crippen LogP) is 6.16. The lowest BCUT2D eigenvalue weighted by Crippen LogP contribution is -2.42. The first kappa shape index (κ1) is 24.2. The average molecular weight is 493 g/mol. The van der Waals surface area contributed by atoms with Crippen LogP contribution in [0.2, 0.25) is 18.1 Å². The van der Waals surface area contributed by atoms with E-state index in [0.29, 0.717) is 5.76 Å². The smallest absolute Gasteiger partial charge is 0.417 e. The molecule has 1 aromatic carbocycles. The van der Waals surface area contributed by atoms with Gasteiger partial charge in [-0.05, 0) is 56.3 Å². The summed E-state index contributed by atoms with van der Waals surface area (Å²) < 4.78 is 54.3. The first-order valence-corrected chi connectivity index (χ1v) is 13.7. The van der Waals surface area contributed by atoms with Crippen molar-refractivity contribution in [2.24, 2.45) is 0 Å². The number of ether oxygens (including phenoxy) is 1. The molecule has 4 rings (SSSR count). The summed E-state index contributed by atoms with van der Waals surface area (Å²) in [5.41, 5.74) is -3.69. The second-order valence-corrected chi connectivity index (χ2v) is 15.4. The number of halogens is 3. The number of alkyl halides is 3. The van der Waals surface area contributed by atoms with Gasteiger partial charge in [0.15, 0.2) is 5.60 Å². The van der Waals surface area contributed by atoms with E-state index >= 15 is 0 Å². The molecule has 0 saturated heterocycles. The maximum absolute atomic E-state index is 13.5. The lowest BCUT2D eigenvalue weighted by atomic mass is 9.84. The third-order valence-corrected chi connectivity index (χ3v) is 11.6. The SMILES string of the molecule is CC(C)(C)[Si](C)(C)OC1=C[C@@]2(C)O[C@]1(C)c1c2c(O)n(-c2ccc(C#N)c(C(F)(F)F)c2)c1O. The lowest BCUT2D eigenvalue weighted by Gasteiger charge is -2.39. The van der Waals surface area contributed by atoms with Crippen LogP contribution in [-0.4, -0.2) is 23.1 Å². The molecule has 0 aliphatic carbocycles. The molecule has 0 amide bonds. The van der Waals surface area contributed by atoms with Gasteiger partial charge in [-0.15, -0.1) is 0 Å². The third kappa shape index (κ3) is 3.17. The molecule has 0 spiro atoms. The largest absolute Gasteiger partial charge is 0.544 e. The Morgan fingerprint density at radius 3 is 2.21 bits per heavy atom. The summed E-state index contributed by atoms with van der Waals surface area (Å²) in [5.74, 6) is -0.363. The highest BCUT2D eigenvalue weighted by atomic mass is 28.4. The van der Waals surface area contributed by atoms with Gasteiger partial charge in [-0.1, -0.05) is 20.8 Å². The molecule has 2 aliphatic rings. The molecule has 6 nitrogen and oxygen atoms in total. The monoisotopic (exact) mass is 492 g/mol. The van der Waals surface area contributed by atoms with Crippen molar-refractivity contribution in [2.45, 2.75) is 70.1 Å². The van der Waals surface area contributed by atoms with Crippen molar-refractivity contribution >= 4 is 8.32 Å². The third-order valence-electron chi connectivity index (χ3n) is 7.25. The minimum absolute atomic E-state index is 0.109. The molecule has 2 atom stereocenters. The van der Waals surface area contributed by atoms with Crippen molar-refractivity contribution in [3.05, 3.63) is 52.3 Å². The summed E-state index contributed by atoms with van der Waals surface area (Å²) in [5, 5.41) is 31.2. The van der Waals surface area contributed by atoms with Crippen molar-refractivity contribution in [3.63, 3.8) is 0 Å². The van der Waals surface area contributed by atoms with Crippen LogP contribution in [0.1, 0.15) is 56.9 Å². The minimum atomic E-state index is -4.78. The fourth-order valence-electron chi connectivity index (χ4n) is 4.46. The maximum Gasteiger partial charge on any atom is 0.417 e. The Morgan fingerprint density at radius 2 is 1.68 bits per heavy atom. The molecule has 2 N–H and O–H groups in total. The summed E-state index contributed by atoms with van der Waals surface area (Å²) in [6.07, 6.45) is -3.02. The van der Waals surface area contributed by atoms with Crippen LogP contribution in [0.15, 0.2) is 30.0 Å². The summed E-state index contributed by atoms with van der Waals surface area (Å²) in [7, 11) is -2.29. The van der Waals surface area contributed by atoms with Crippen LogP contribution >= 0.6 is 0 Å². The zero-order valence-corrected chi connectivity index (χ0v) is 21.0. The molecular formula is C24H27F3N2O4Si. The standard InChI is InChI=1S/C24H27F3N2O4Si/c1-21(2,3)34(6,7)32-16-11-22(4)17-18(23(16,5)33-22)20(31)29(19(17)30)14-9-8-13(12-28)15(10-14)24(25,26)27/h8-11,30-31H,1-7H3/t22-,23+/m1/s1. The van der Waals surface area contributed by atoms with Gasteiger partial charge >= 0.3 is 6.18 Å². The van der Waals surface area contributed by atoms with Crippen molar-refractivity contribution in [2.75, 3.05) is 0 Å². The average Bonchev–Trinajstić information content (AvgIpc) is 3.20. The second-order valence-electron chi connectivity index (χ2n) is 10.7. The number of aromatic nitrogens is 1. The van der Waals surface area contributed by atoms with Crippen LogP contribution in [0.25, 0.3) is 5.69 Å². The Bertz CT molecular complexity index is 1280. The molecule has 1 aromatic heterocycles. The first-order chi connectivity index (χ1) is 15.4. The Morgan fingerprint density at radius 1 is 1.09 bits per heavy atom. The highest BCUT2D eigenvalue weighted by Gasteiger charge is 2.62. The van der Waals surface area contributed by atoms with Gasteiger partial charge in [0.25, 0.3) is 0 Å². The predicted molar refractivity (Wildman–Crippen MR) is 121 cm³/mol. The van der Waals surface area contributed by atoms with E-state index in [4.69, 9.17) is 14.4 Å². The Labute approximate surface area is 197 Å². The van der Waals surface area contributed by atoms with Crippen molar-refractivity contribution in [1.29, 1.82) is 5.26 Å². The van der Waals surface area contributed by atoms with E-state index in [-0.39, 0.29) is 21.9 Å². The van der Waals surface area contributed by atoms with Crippen molar-refractivity contribution < 1.29 is 32.5 Å². The van der Waals surface area contributed by atoms with Crippen LogP contribution in [0.4, 0.5) is 13.2 Å². The fourth-order valence-corrected chi connectivity index (χ4v) is 5.57. The van der Waals surface area contributed by atoms with Gasteiger partial charge in [0.2, 0.25) is 20.1 Å². The topological polar surface area (TPSA) is 87.6 Å². The van der Waals surface area contributed by atoms with Crippen LogP contribution in [0.5, 0.6) is 11.8 Å². The number of hydrogen-bond donors (Lipinski definition) is 2. The van der Waals surface area contributed by atoms with Gasteiger partial charge in [0, 0.05) is 0 Å². The lowest BCUT2D eigenvalue weighted by molar-refractivity contribution is -0.137. The maximum atomic E-state index is 13.5. The Hall–Kier alpha value is -2.90. The summed E-state index contributed by atoms with van der Waals surface area (Å²) in [4.78, 5) is 0. The van der Waals surface area contributed by atoms with Gasteiger partial charge < -0.3 is 19.4 Å². The molecule has 0 unspecified atom stereocenters. The summed E-state index contributed by atoms with van der Waals surface area (Å²) in [6.45, 7) is 13.8. The number of nitrogens with zero attached hydrogens (tertiary/aromatic N) is 2. The molecule has 10 heteroatoms. The minimum Gasteiger partial charge on any atom is -0.544 e. The van der Waals surface area contributed by atoms with E-state index in [1.54, 1.807) is 19.9 Å². The van der Waals surface area contributed by atoms with Gasteiger partial charge in [-0.3, -0.25) is 4.57 Å². The molecule has 0 radical (unpaired) electrons. The van der Waals surface area contributed by atoms with Crippen LogP contribution in [-0.2, 0) is 26.5 Å². The fraction of sp³-hybridized carbons (Fsp3) is 0.458. The van der Waals surface area contributed by atoms with Gasteiger partial charge in [0.05, 0.1) is 34.0 Å². The molecule has 0 saturated carbocycles. The summed E-state index contributed by atoms with van der Waals surface area (Å²) >= 11 is 0. The van der Waals surface area contributed by atoms with E-state index in [0.717, 1.165) is 16.7 Å². The van der Waals surface area contributed by atoms with Gasteiger partial charge in [-0.25, -0.2) is 0 Å². The first-order valence-electron chi connectivity index (χ1n) is 10.8. The van der Waals surface area contributed by atoms with E-state index in [1.807, 2.05) is 0 Å². The molecule has 2 bridgehead atoms. The molecule has 182 valence electrons.